The van der Waals surface area contributed by atoms with Crippen molar-refractivity contribution in [2.45, 2.75) is 11.4 Å². The lowest BCUT2D eigenvalue weighted by Gasteiger charge is -2.26. The first-order valence-corrected chi connectivity index (χ1v) is 8.37. The number of ether oxygens (including phenoxy) is 1. The maximum atomic E-state index is 12.6. The van der Waals surface area contributed by atoms with Gasteiger partial charge in [-0.15, -0.1) is 0 Å². The van der Waals surface area contributed by atoms with Crippen molar-refractivity contribution in [3.63, 3.8) is 0 Å². The number of sulfonamides is 1. The zero-order valence-corrected chi connectivity index (χ0v) is 13.4. The Morgan fingerprint density at radius 2 is 1.90 bits per heavy atom. The van der Waals surface area contributed by atoms with Gasteiger partial charge in [0.05, 0.1) is 18.2 Å². The van der Waals surface area contributed by atoms with E-state index in [9.17, 15) is 8.42 Å². The monoisotopic (exact) mass is 338 g/mol. The van der Waals surface area contributed by atoms with Gasteiger partial charge in [-0.3, -0.25) is 0 Å². The van der Waals surface area contributed by atoms with Crippen molar-refractivity contribution in [2.75, 3.05) is 33.4 Å². The summed E-state index contributed by atoms with van der Waals surface area (Å²) in [5.41, 5.74) is 0.699. The minimum Gasteiger partial charge on any atom is -0.379 e. The summed E-state index contributed by atoms with van der Waals surface area (Å²) >= 11 is 12.1. The van der Waals surface area contributed by atoms with Gasteiger partial charge in [0.2, 0.25) is 10.0 Å². The van der Waals surface area contributed by atoms with Gasteiger partial charge in [0.15, 0.2) is 0 Å². The summed E-state index contributed by atoms with van der Waals surface area (Å²) in [6.07, 6.45) is 0. The molecule has 0 spiro atoms. The molecule has 0 radical (unpaired) electrons. The largest absolute Gasteiger partial charge is 0.379 e. The van der Waals surface area contributed by atoms with Crippen LogP contribution in [0.4, 0.5) is 0 Å². The standard InChI is InChI=1S/C12H16Cl2N2O3S/c1-15-8-9-6-12(11(14)7-10(9)13)20(17,18)16-2-4-19-5-3-16/h6-7,15H,2-5,8H2,1H3. The van der Waals surface area contributed by atoms with Crippen molar-refractivity contribution in [1.29, 1.82) is 0 Å². The Morgan fingerprint density at radius 1 is 1.25 bits per heavy atom. The third-order valence-corrected chi connectivity index (χ3v) is 5.77. The first-order chi connectivity index (χ1) is 9.46. The molecule has 0 aromatic heterocycles. The minimum absolute atomic E-state index is 0.0933. The van der Waals surface area contributed by atoms with Gasteiger partial charge in [-0.2, -0.15) is 4.31 Å². The number of nitrogens with one attached hydrogen (secondary N) is 1. The first-order valence-electron chi connectivity index (χ1n) is 6.17. The predicted molar refractivity (Wildman–Crippen MR) is 78.8 cm³/mol. The van der Waals surface area contributed by atoms with Crippen molar-refractivity contribution in [2.24, 2.45) is 0 Å². The van der Waals surface area contributed by atoms with E-state index in [0.717, 1.165) is 0 Å². The molecule has 0 amide bonds. The Kier molecular flexibility index (Phi) is 5.28. The lowest BCUT2D eigenvalue weighted by molar-refractivity contribution is 0.0730. The van der Waals surface area contributed by atoms with Crippen LogP contribution in [0.25, 0.3) is 0 Å². The lowest BCUT2D eigenvalue weighted by Crippen LogP contribution is -2.40. The van der Waals surface area contributed by atoms with E-state index in [4.69, 9.17) is 27.9 Å². The third kappa shape index (κ3) is 3.27. The molecular formula is C12H16Cl2N2O3S. The van der Waals surface area contributed by atoms with Crippen LogP contribution in [0.15, 0.2) is 17.0 Å². The summed E-state index contributed by atoms with van der Waals surface area (Å²) in [7, 11) is -1.85. The summed E-state index contributed by atoms with van der Waals surface area (Å²) in [6.45, 7) is 1.94. The predicted octanol–water partition coefficient (Wildman–Crippen LogP) is 1.73. The Balaban J connectivity index is 2.42. The highest BCUT2D eigenvalue weighted by molar-refractivity contribution is 7.89. The third-order valence-electron chi connectivity index (χ3n) is 3.06. The van der Waals surface area contributed by atoms with Gasteiger partial charge in [-0.1, -0.05) is 23.2 Å². The van der Waals surface area contributed by atoms with Crippen LogP contribution in [-0.4, -0.2) is 46.1 Å². The normalized spacial score (nSPS) is 17.4. The van der Waals surface area contributed by atoms with E-state index in [1.54, 1.807) is 7.05 Å². The second kappa shape index (κ2) is 6.60. The number of benzene rings is 1. The van der Waals surface area contributed by atoms with Gasteiger partial charge in [0, 0.05) is 24.7 Å². The first kappa shape index (κ1) is 16.0. The molecule has 5 nitrogen and oxygen atoms in total. The molecule has 1 saturated heterocycles. The quantitative estimate of drug-likeness (QED) is 0.908. The zero-order chi connectivity index (χ0) is 14.8. The van der Waals surface area contributed by atoms with E-state index < -0.39 is 10.0 Å². The van der Waals surface area contributed by atoms with Crippen molar-refractivity contribution >= 4 is 33.2 Å². The van der Waals surface area contributed by atoms with Gasteiger partial charge in [-0.05, 0) is 24.7 Å². The topological polar surface area (TPSA) is 58.6 Å². The molecule has 8 heteroatoms. The molecule has 0 atom stereocenters. The summed E-state index contributed by atoms with van der Waals surface area (Å²) in [5.74, 6) is 0. The van der Waals surface area contributed by atoms with Gasteiger partial charge in [-0.25, -0.2) is 8.42 Å². The highest BCUT2D eigenvalue weighted by atomic mass is 35.5. The fourth-order valence-electron chi connectivity index (χ4n) is 2.02. The second-order valence-electron chi connectivity index (χ2n) is 4.42. The molecule has 0 unspecified atom stereocenters. The van der Waals surface area contributed by atoms with Crippen molar-refractivity contribution in [3.05, 3.63) is 27.7 Å². The van der Waals surface area contributed by atoms with Crippen LogP contribution in [-0.2, 0) is 21.3 Å². The molecule has 2 rings (SSSR count). The summed E-state index contributed by atoms with van der Waals surface area (Å²) in [6, 6.07) is 3.01. The molecule has 1 aromatic carbocycles. The molecule has 20 heavy (non-hydrogen) atoms. The van der Waals surface area contributed by atoms with Crippen LogP contribution in [0.3, 0.4) is 0 Å². The second-order valence-corrected chi connectivity index (χ2v) is 7.14. The van der Waals surface area contributed by atoms with Crippen molar-refractivity contribution < 1.29 is 13.2 Å². The zero-order valence-electron chi connectivity index (χ0n) is 11.0. The highest BCUT2D eigenvalue weighted by Gasteiger charge is 2.29. The van der Waals surface area contributed by atoms with E-state index in [2.05, 4.69) is 5.32 Å². The Labute approximate surface area is 128 Å². The van der Waals surface area contributed by atoms with E-state index in [1.807, 2.05) is 0 Å². The molecule has 1 aromatic rings. The van der Waals surface area contributed by atoms with Crippen LogP contribution >= 0.6 is 23.2 Å². The van der Waals surface area contributed by atoms with E-state index in [1.165, 1.54) is 16.4 Å². The summed E-state index contributed by atoms with van der Waals surface area (Å²) in [4.78, 5) is 0.0933. The SMILES string of the molecule is CNCc1cc(S(=O)(=O)N2CCOCC2)c(Cl)cc1Cl. The van der Waals surface area contributed by atoms with Crippen LogP contribution in [0.2, 0.25) is 10.0 Å². The molecule has 1 aliphatic rings. The van der Waals surface area contributed by atoms with Crippen molar-refractivity contribution in [3.8, 4) is 0 Å². The molecule has 112 valence electrons. The van der Waals surface area contributed by atoms with Crippen LogP contribution in [0, 0.1) is 0 Å². The van der Waals surface area contributed by atoms with Gasteiger partial charge < -0.3 is 10.1 Å². The van der Waals surface area contributed by atoms with Gasteiger partial charge in [0.1, 0.15) is 4.90 Å². The molecule has 1 N–H and O–H groups in total. The Bertz CT molecular complexity index is 587. The number of hydrogen-bond acceptors (Lipinski definition) is 4. The average molecular weight is 339 g/mol. The minimum atomic E-state index is -3.62. The summed E-state index contributed by atoms with van der Waals surface area (Å²) in [5, 5.41) is 3.54. The van der Waals surface area contributed by atoms with E-state index >= 15 is 0 Å². The van der Waals surface area contributed by atoms with E-state index in [0.29, 0.717) is 43.4 Å². The van der Waals surface area contributed by atoms with Crippen molar-refractivity contribution in [1.82, 2.24) is 9.62 Å². The lowest BCUT2D eigenvalue weighted by atomic mass is 10.2. The van der Waals surface area contributed by atoms with Crippen LogP contribution in [0.1, 0.15) is 5.56 Å². The molecular weight excluding hydrogens is 323 g/mol. The van der Waals surface area contributed by atoms with Crippen LogP contribution < -0.4 is 5.32 Å². The molecule has 0 bridgehead atoms. The summed E-state index contributed by atoms with van der Waals surface area (Å²) < 4.78 is 31.8. The average Bonchev–Trinajstić information content (AvgIpc) is 2.42. The maximum Gasteiger partial charge on any atom is 0.244 e. The molecule has 1 fully saturated rings. The number of halogens is 2. The molecule has 1 aliphatic heterocycles. The smallest absolute Gasteiger partial charge is 0.244 e. The Hall–Kier alpha value is -0.370. The van der Waals surface area contributed by atoms with E-state index in [-0.39, 0.29) is 9.92 Å². The van der Waals surface area contributed by atoms with Gasteiger partial charge >= 0.3 is 0 Å². The maximum absolute atomic E-state index is 12.6. The number of morpholine rings is 1. The molecule has 0 saturated carbocycles. The number of rotatable bonds is 4. The molecule has 0 aliphatic carbocycles. The Morgan fingerprint density at radius 3 is 2.50 bits per heavy atom. The number of hydrogen-bond donors (Lipinski definition) is 1. The number of nitrogens with zero attached hydrogens (tertiary/aromatic N) is 1. The molecule has 1 heterocycles. The van der Waals surface area contributed by atoms with Crippen LogP contribution in [0.5, 0.6) is 0 Å². The highest BCUT2D eigenvalue weighted by Crippen LogP contribution is 2.30. The fourth-order valence-corrected chi connectivity index (χ4v) is 4.27. The van der Waals surface area contributed by atoms with Gasteiger partial charge in [0.25, 0.3) is 0 Å². The fraction of sp³-hybridized carbons (Fsp3) is 0.500.